The number of hydrogen-bond donors (Lipinski definition) is 1. The zero-order valence-electron chi connectivity index (χ0n) is 13.5. The lowest BCUT2D eigenvalue weighted by molar-refractivity contribution is -0.472. The molecule has 1 aliphatic rings. The SMILES string of the molecule is COc1ccc([C@@H]2C[N+]([O-])=C(CCCOC(C)=O)C[C@@H]2O)cc1. The highest BCUT2D eigenvalue weighted by molar-refractivity contribution is 5.81. The van der Waals surface area contributed by atoms with Crippen LogP contribution in [0.15, 0.2) is 24.3 Å². The summed E-state index contributed by atoms with van der Waals surface area (Å²) in [5, 5.41) is 22.6. The van der Waals surface area contributed by atoms with E-state index in [-0.39, 0.29) is 18.4 Å². The molecule has 6 nitrogen and oxygen atoms in total. The molecular formula is C17H23NO5. The number of aliphatic hydroxyl groups excluding tert-OH is 1. The maximum atomic E-state index is 12.2. The Labute approximate surface area is 135 Å². The van der Waals surface area contributed by atoms with Gasteiger partial charge in [0.15, 0.2) is 12.3 Å². The average molecular weight is 321 g/mol. The first-order valence-electron chi connectivity index (χ1n) is 7.76. The van der Waals surface area contributed by atoms with Crippen LogP contribution in [0.25, 0.3) is 0 Å². The topological polar surface area (TPSA) is 81.8 Å². The van der Waals surface area contributed by atoms with Gasteiger partial charge in [-0.1, -0.05) is 12.1 Å². The predicted octanol–water partition coefficient (Wildman–Crippen LogP) is 1.84. The van der Waals surface area contributed by atoms with Gasteiger partial charge in [0.1, 0.15) is 5.75 Å². The van der Waals surface area contributed by atoms with Crippen LogP contribution in [-0.2, 0) is 9.53 Å². The molecule has 2 atom stereocenters. The minimum atomic E-state index is -0.586. The van der Waals surface area contributed by atoms with Crippen LogP contribution in [0, 0.1) is 5.21 Å². The quantitative estimate of drug-likeness (QED) is 0.374. The minimum Gasteiger partial charge on any atom is -0.624 e. The Morgan fingerprint density at radius 3 is 2.70 bits per heavy atom. The lowest BCUT2D eigenvalue weighted by Gasteiger charge is -2.28. The molecule has 0 saturated heterocycles. The van der Waals surface area contributed by atoms with E-state index in [2.05, 4.69) is 0 Å². The minimum absolute atomic E-state index is 0.212. The van der Waals surface area contributed by atoms with Gasteiger partial charge in [-0.3, -0.25) is 4.79 Å². The van der Waals surface area contributed by atoms with Crippen molar-refractivity contribution in [2.45, 2.75) is 38.2 Å². The van der Waals surface area contributed by atoms with Crippen molar-refractivity contribution < 1.29 is 24.1 Å². The standard InChI is InChI=1S/C17H23NO5/c1-12(19)23-9-3-4-14-10-17(20)16(11-18(14)21)13-5-7-15(22-2)8-6-13/h5-8,16-17,20H,3-4,9-11H2,1-2H3/t16-,17-/m0/s1. The Kier molecular flexibility index (Phi) is 5.98. The summed E-state index contributed by atoms with van der Waals surface area (Å²) in [5.41, 5.74) is 1.59. The van der Waals surface area contributed by atoms with E-state index in [1.807, 2.05) is 24.3 Å². The molecule has 0 fully saturated rings. The van der Waals surface area contributed by atoms with Crippen LogP contribution in [0.2, 0.25) is 0 Å². The molecule has 1 aromatic carbocycles. The second-order valence-corrected chi connectivity index (χ2v) is 5.72. The Morgan fingerprint density at radius 2 is 2.09 bits per heavy atom. The molecule has 0 aliphatic carbocycles. The normalized spacial score (nSPS) is 21.2. The Hall–Kier alpha value is -2.08. The van der Waals surface area contributed by atoms with Gasteiger partial charge < -0.3 is 19.8 Å². The van der Waals surface area contributed by atoms with E-state index in [0.29, 0.717) is 31.6 Å². The first kappa shape index (κ1) is 17.3. The third kappa shape index (κ3) is 4.69. The lowest BCUT2D eigenvalue weighted by Crippen LogP contribution is -2.37. The summed E-state index contributed by atoms with van der Waals surface area (Å²) in [4.78, 5) is 10.7. The number of hydroxylamine groups is 1. The molecule has 1 aromatic rings. The fraction of sp³-hybridized carbons (Fsp3) is 0.529. The van der Waals surface area contributed by atoms with Crippen LogP contribution in [-0.4, -0.2) is 47.9 Å². The van der Waals surface area contributed by atoms with Gasteiger partial charge in [0.05, 0.1) is 32.2 Å². The number of rotatable bonds is 6. The third-order valence-electron chi connectivity index (χ3n) is 4.08. The molecule has 126 valence electrons. The maximum Gasteiger partial charge on any atom is 0.302 e. The highest BCUT2D eigenvalue weighted by Gasteiger charge is 2.33. The second-order valence-electron chi connectivity index (χ2n) is 5.72. The number of benzene rings is 1. The maximum absolute atomic E-state index is 12.2. The van der Waals surface area contributed by atoms with E-state index in [1.54, 1.807) is 7.11 Å². The van der Waals surface area contributed by atoms with Crippen LogP contribution in [0.3, 0.4) is 0 Å². The summed E-state index contributed by atoms with van der Waals surface area (Å²) in [6.45, 7) is 1.89. The van der Waals surface area contributed by atoms with Crippen molar-refractivity contribution in [3.63, 3.8) is 0 Å². The highest BCUT2D eigenvalue weighted by atomic mass is 16.5. The third-order valence-corrected chi connectivity index (χ3v) is 4.08. The number of carbonyl (C=O) groups is 1. The molecule has 0 spiro atoms. The van der Waals surface area contributed by atoms with E-state index in [9.17, 15) is 15.1 Å². The Balaban J connectivity index is 1.97. The number of methoxy groups -OCH3 is 1. The number of hydrogen-bond acceptors (Lipinski definition) is 5. The monoisotopic (exact) mass is 321 g/mol. The van der Waals surface area contributed by atoms with Crippen LogP contribution in [0.1, 0.15) is 37.7 Å². The van der Waals surface area contributed by atoms with Crippen LogP contribution < -0.4 is 4.74 Å². The van der Waals surface area contributed by atoms with Crippen molar-refractivity contribution in [3.8, 4) is 5.75 Å². The van der Waals surface area contributed by atoms with Gasteiger partial charge in [-0.05, 0) is 24.1 Å². The molecule has 0 unspecified atom stereocenters. The molecule has 0 aromatic heterocycles. The van der Waals surface area contributed by atoms with E-state index >= 15 is 0 Å². The van der Waals surface area contributed by atoms with Crippen molar-refractivity contribution >= 4 is 11.7 Å². The van der Waals surface area contributed by atoms with Crippen molar-refractivity contribution in [1.82, 2.24) is 0 Å². The van der Waals surface area contributed by atoms with Crippen molar-refractivity contribution in [1.29, 1.82) is 0 Å². The van der Waals surface area contributed by atoms with E-state index in [1.165, 1.54) is 6.92 Å². The molecule has 0 bridgehead atoms. The summed E-state index contributed by atoms with van der Waals surface area (Å²) in [6, 6.07) is 7.42. The molecule has 1 N–H and O–H groups in total. The van der Waals surface area contributed by atoms with Crippen LogP contribution in [0.5, 0.6) is 5.75 Å². The zero-order valence-corrected chi connectivity index (χ0v) is 13.5. The zero-order chi connectivity index (χ0) is 16.8. The second kappa shape index (κ2) is 7.97. The predicted molar refractivity (Wildman–Crippen MR) is 85.7 cm³/mol. The van der Waals surface area contributed by atoms with Gasteiger partial charge in [0.2, 0.25) is 0 Å². The van der Waals surface area contributed by atoms with Gasteiger partial charge in [-0.2, -0.15) is 0 Å². The highest BCUT2D eigenvalue weighted by Crippen LogP contribution is 2.28. The molecule has 0 radical (unpaired) electrons. The van der Waals surface area contributed by atoms with Gasteiger partial charge in [-0.25, -0.2) is 4.74 Å². The lowest BCUT2D eigenvalue weighted by atomic mass is 9.87. The molecule has 0 saturated carbocycles. The number of ether oxygens (including phenoxy) is 2. The Morgan fingerprint density at radius 1 is 1.39 bits per heavy atom. The first-order valence-corrected chi connectivity index (χ1v) is 7.76. The van der Waals surface area contributed by atoms with Crippen LogP contribution >= 0.6 is 0 Å². The number of aliphatic hydroxyl groups is 1. The largest absolute Gasteiger partial charge is 0.624 e. The van der Waals surface area contributed by atoms with Gasteiger partial charge in [-0.15, -0.1) is 0 Å². The van der Waals surface area contributed by atoms with Crippen molar-refractivity contribution in [3.05, 3.63) is 35.0 Å². The molecule has 23 heavy (non-hydrogen) atoms. The van der Waals surface area contributed by atoms with Gasteiger partial charge in [0, 0.05) is 13.3 Å². The van der Waals surface area contributed by atoms with Crippen molar-refractivity contribution in [2.24, 2.45) is 0 Å². The van der Waals surface area contributed by atoms with E-state index in [4.69, 9.17) is 9.47 Å². The molecule has 1 aliphatic heterocycles. The molecule has 2 rings (SSSR count). The van der Waals surface area contributed by atoms with Gasteiger partial charge in [0.25, 0.3) is 0 Å². The fourth-order valence-corrected chi connectivity index (χ4v) is 2.81. The summed E-state index contributed by atoms with van der Waals surface area (Å²) in [6.07, 6.45) is 0.883. The van der Waals surface area contributed by atoms with E-state index < -0.39 is 6.10 Å². The molecular weight excluding hydrogens is 298 g/mol. The molecule has 0 amide bonds. The van der Waals surface area contributed by atoms with Crippen LogP contribution in [0.4, 0.5) is 0 Å². The van der Waals surface area contributed by atoms with Crippen molar-refractivity contribution in [2.75, 3.05) is 20.3 Å². The van der Waals surface area contributed by atoms with Gasteiger partial charge >= 0.3 is 5.97 Å². The first-order chi connectivity index (χ1) is 11.0. The number of carbonyl (C=O) groups excluding carboxylic acids is 1. The van der Waals surface area contributed by atoms with E-state index in [0.717, 1.165) is 16.1 Å². The smallest absolute Gasteiger partial charge is 0.302 e. The average Bonchev–Trinajstić information content (AvgIpc) is 2.54. The number of nitrogens with zero attached hydrogens (tertiary/aromatic N) is 1. The summed E-state index contributed by atoms with van der Waals surface area (Å²) >= 11 is 0. The fourth-order valence-electron chi connectivity index (χ4n) is 2.81. The summed E-state index contributed by atoms with van der Waals surface area (Å²) in [7, 11) is 1.60. The Bertz CT molecular complexity index is 567. The summed E-state index contributed by atoms with van der Waals surface area (Å²) < 4.78 is 10.9. The summed E-state index contributed by atoms with van der Waals surface area (Å²) in [5.74, 6) is 0.212. The molecule has 1 heterocycles. The molecule has 6 heteroatoms. The number of esters is 1.